The third kappa shape index (κ3) is 3.75. The summed E-state index contributed by atoms with van der Waals surface area (Å²) in [5.41, 5.74) is 1.17. The maximum Gasteiger partial charge on any atom is 0.174 e. The zero-order valence-electron chi connectivity index (χ0n) is 11.8. The highest BCUT2D eigenvalue weighted by molar-refractivity contribution is 7.12. The molecule has 3 rings (SSSR count). The molecule has 1 fully saturated rings. The van der Waals surface area contributed by atoms with Crippen LogP contribution >= 0.6 is 11.3 Å². The highest BCUT2D eigenvalue weighted by Crippen LogP contribution is 2.19. The topological polar surface area (TPSA) is 42.4 Å². The third-order valence-corrected chi connectivity index (χ3v) is 4.59. The molecule has 4 nitrogen and oxygen atoms in total. The molecule has 0 aromatic carbocycles. The number of thiophene rings is 1. The third-order valence-electron chi connectivity index (χ3n) is 3.67. The number of Topliss-reactive ketones (excluding diaryl/α,β-unsaturated/α-hetero) is 1. The van der Waals surface area contributed by atoms with Crippen molar-refractivity contribution in [2.75, 3.05) is 19.8 Å². The quantitative estimate of drug-likeness (QED) is 0.796. The second-order valence-electron chi connectivity index (χ2n) is 5.17. The Hall–Kier alpha value is -1.56. The Morgan fingerprint density at radius 1 is 1.43 bits per heavy atom. The maximum atomic E-state index is 12.3. The summed E-state index contributed by atoms with van der Waals surface area (Å²) < 4.78 is 5.56. The SMILES string of the molecule is O=C(CC1COCCN1Cc1cccnc1)c1cccs1. The van der Waals surface area contributed by atoms with Gasteiger partial charge in [-0.05, 0) is 23.1 Å². The van der Waals surface area contributed by atoms with Crippen LogP contribution in [-0.2, 0) is 11.3 Å². The van der Waals surface area contributed by atoms with Crippen molar-refractivity contribution in [3.8, 4) is 0 Å². The predicted octanol–water partition coefficient (Wildman–Crippen LogP) is 2.62. The summed E-state index contributed by atoms with van der Waals surface area (Å²) in [6.45, 7) is 3.03. The van der Waals surface area contributed by atoms with Crippen molar-refractivity contribution in [2.45, 2.75) is 19.0 Å². The molecule has 1 atom stereocenters. The van der Waals surface area contributed by atoms with Crippen molar-refractivity contribution in [2.24, 2.45) is 0 Å². The minimum absolute atomic E-state index is 0.147. The number of hydrogen-bond donors (Lipinski definition) is 0. The Kier molecular flexibility index (Phi) is 4.75. The first-order valence-corrected chi connectivity index (χ1v) is 7.98. The Balaban J connectivity index is 1.65. The van der Waals surface area contributed by atoms with E-state index in [9.17, 15) is 4.79 Å². The normalized spacial score (nSPS) is 19.5. The standard InChI is InChI=1S/C16H18N2O2S/c19-15(16-4-2-8-21-16)9-14-12-20-7-6-18(14)11-13-3-1-5-17-10-13/h1-5,8,10,14H,6-7,9,11-12H2. The fourth-order valence-corrected chi connectivity index (χ4v) is 3.24. The summed E-state index contributed by atoms with van der Waals surface area (Å²) in [4.78, 5) is 19.6. The van der Waals surface area contributed by atoms with Crippen LogP contribution in [-0.4, -0.2) is 41.5 Å². The minimum atomic E-state index is 0.147. The molecule has 21 heavy (non-hydrogen) atoms. The van der Waals surface area contributed by atoms with E-state index in [1.807, 2.05) is 29.8 Å². The summed E-state index contributed by atoms with van der Waals surface area (Å²) in [6, 6.07) is 7.97. The molecule has 0 saturated carbocycles. The Labute approximate surface area is 128 Å². The highest BCUT2D eigenvalue weighted by atomic mass is 32.1. The van der Waals surface area contributed by atoms with Gasteiger partial charge in [0.2, 0.25) is 0 Å². The van der Waals surface area contributed by atoms with E-state index in [1.54, 1.807) is 6.20 Å². The van der Waals surface area contributed by atoms with Gasteiger partial charge in [-0.25, -0.2) is 0 Å². The lowest BCUT2D eigenvalue weighted by Gasteiger charge is -2.35. The Bertz CT molecular complexity index is 571. The first kappa shape index (κ1) is 14.4. The lowest BCUT2D eigenvalue weighted by molar-refractivity contribution is -0.0125. The number of nitrogens with zero attached hydrogens (tertiary/aromatic N) is 2. The van der Waals surface area contributed by atoms with Crippen LogP contribution < -0.4 is 0 Å². The molecule has 3 heterocycles. The molecule has 5 heteroatoms. The number of hydrogen-bond acceptors (Lipinski definition) is 5. The molecule has 0 amide bonds. The zero-order chi connectivity index (χ0) is 14.5. The number of pyridine rings is 1. The molecule has 1 saturated heterocycles. The van der Waals surface area contributed by atoms with E-state index < -0.39 is 0 Å². The maximum absolute atomic E-state index is 12.3. The first-order valence-electron chi connectivity index (χ1n) is 7.10. The monoisotopic (exact) mass is 302 g/mol. The lowest BCUT2D eigenvalue weighted by atomic mass is 10.1. The molecule has 1 aliphatic heterocycles. The van der Waals surface area contributed by atoms with Crippen molar-refractivity contribution in [1.29, 1.82) is 0 Å². The molecule has 2 aromatic heterocycles. The number of ether oxygens (including phenoxy) is 1. The summed E-state index contributed by atoms with van der Waals surface area (Å²) >= 11 is 1.51. The van der Waals surface area contributed by atoms with Crippen LogP contribution in [0, 0.1) is 0 Å². The molecule has 0 bridgehead atoms. The van der Waals surface area contributed by atoms with E-state index in [-0.39, 0.29) is 11.8 Å². The van der Waals surface area contributed by atoms with Crippen LogP contribution in [0.25, 0.3) is 0 Å². The molecule has 110 valence electrons. The number of aromatic nitrogens is 1. The molecular weight excluding hydrogens is 284 g/mol. The van der Waals surface area contributed by atoms with Crippen molar-refractivity contribution in [1.82, 2.24) is 9.88 Å². The van der Waals surface area contributed by atoms with Crippen molar-refractivity contribution < 1.29 is 9.53 Å². The Morgan fingerprint density at radius 2 is 2.38 bits per heavy atom. The fourth-order valence-electron chi connectivity index (χ4n) is 2.56. The summed E-state index contributed by atoms with van der Waals surface area (Å²) in [7, 11) is 0. The van der Waals surface area contributed by atoms with Crippen LogP contribution in [0.15, 0.2) is 42.0 Å². The number of carbonyl (C=O) groups excluding carboxylic acids is 1. The van der Waals surface area contributed by atoms with Gasteiger partial charge in [0.1, 0.15) is 0 Å². The van der Waals surface area contributed by atoms with Gasteiger partial charge in [0.15, 0.2) is 5.78 Å². The highest BCUT2D eigenvalue weighted by Gasteiger charge is 2.26. The van der Waals surface area contributed by atoms with E-state index in [0.29, 0.717) is 13.0 Å². The van der Waals surface area contributed by atoms with Gasteiger partial charge in [-0.1, -0.05) is 12.1 Å². The van der Waals surface area contributed by atoms with Crippen molar-refractivity contribution >= 4 is 17.1 Å². The van der Waals surface area contributed by atoms with E-state index in [4.69, 9.17) is 4.74 Å². The fraction of sp³-hybridized carbons (Fsp3) is 0.375. The van der Waals surface area contributed by atoms with Crippen LogP contribution in [0.5, 0.6) is 0 Å². The van der Waals surface area contributed by atoms with Gasteiger partial charge in [0.25, 0.3) is 0 Å². The second-order valence-corrected chi connectivity index (χ2v) is 6.11. The van der Waals surface area contributed by atoms with E-state index in [0.717, 1.165) is 24.6 Å². The first-order chi connectivity index (χ1) is 10.3. The van der Waals surface area contributed by atoms with E-state index in [2.05, 4.69) is 16.0 Å². The molecule has 0 radical (unpaired) electrons. The van der Waals surface area contributed by atoms with E-state index >= 15 is 0 Å². The molecule has 2 aromatic rings. The largest absolute Gasteiger partial charge is 0.378 e. The zero-order valence-corrected chi connectivity index (χ0v) is 12.6. The van der Waals surface area contributed by atoms with Gasteiger partial charge in [0.05, 0.1) is 18.1 Å². The van der Waals surface area contributed by atoms with Gasteiger partial charge >= 0.3 is 0 Å². The van der Waals surface area contributed by atoms with Crippen LogP contribution in [0.1, 0.15) is 21.7 Å². The summed E-state index contributed by atoms with van der Waals surface area (Å²) in [5.74, 6) is 0.205. The second kappa shape index (κ2) is 6.93. The average Bonchev–Trinajstić information content (AvgIpc) is 3.05. The number of morpholine rings is 1. The number of rotatable bonds is 5. The molecule has 0 spiro atoms. The molecule has 1 aliphatic rings. The van der Waals surface area contributed by atoms with Gasteiger partial charge in [-0.15, -0.1) is 11.3 Å². The molecule has 0 aliphatic carbocycles. The molecular formula is C16H18N2O2S. The van der Waals surface area contributed by atoms with Gasteiger partial charge in [-0.3, -0.25) is 14.7 Å². The smallest absolute Gasteiger partial charge is 0.174 e. The molecule has 1 unspecified atom stereocenters. The number of ketones is 1. The summed E-state index contributed by atoms with van der Waals surface area (Å²) in [5, 5.41) is 1.94. The minimum Gasteiger partial charge on any atom is -0.378 e. The summed E-state index contributed by atoms with van der Waals surface area (Å²) in [6.07, 6.45) is 4.18. The van der Waals surface area contributed by atoms with E-state index in [1.165, 1.54) is 16.9 Å². The average molecular weight is 302 g/mol. The van der Waals surface area contributed by atoms with Crippen molar-refractivity contribution in [3.63, 3.8) is 0 Å². The Morgan fingerprint density at radius 3 is 3.14 bits per heavy atom. The van der Waals surface area contributed by atoms with Gasteiger partial charge in [-0.2, -0.15) is 0 Å². The van der Waals surface area contributed by atoms with Gasteiger partial charge < -0.3 is 4.74 Å². The number of carbonyl (C=O) groups is 1. The predicted molar refractivity (Wildman–Crippen MR) is 82.5 cm³/mol. The van der Waals surface area contributed by atoms with Crippen LogP contribution in [0.3, 0.4) is 0 Å². The molecule has 0 N–H and O–H groups in total. The van der Waals surface area contributed by atoms with Gasteiger partial charge in [0, 0.05) is 37.9 Å². The van der Waals surface area contributed by atoms with Crippen LogP contribution in [0.2, 0.25) is 0 Å². The van der Waals surface area contributed by atoms with Crippen LogP contribution in [0.4, 0.5) is 0 Å². The lowest BCUT2D eigenvalue weighted by Crippen LogP contribution is -2.45. The van der Waals surface area contributed by atoms with Crippen molar-refractivity contribution in [3.05, 3.63) is 52.5 Å².